The summed E-state index contributed by atoms with van der Waals surface area (Å²) in [7, 11) is 3.78. The first-order chi connectivity index (χ1) is 12.0. The molecule has 0 aromatic carbocycles. The van der Waals surface area contributed by atoms with E-state index < -0.39 is 5.91 Å². The van der Waals surface area contributed by atoms with Crippen molar-refractivity contribution < 1.29 is 9.59 Å². The summed E-state index contributed by atoms with van der Waals surface area (Å²) in [6.45, 7) is 1.30. The fourth-order valence-corrected chi connectivity index (χ4v) is 3.07. The van der Waals surface area contributed by atoms with Crippen LogP contribution in [0, 0.1) is 0 Å². The minimum absolute atomic E-state index is 0.00941. The number of nitrogens with zero attached hydrogens (tertiary/aromatic N) is 4. The molecule has 1 fully saturated rings. The Balaban J connectivity index is 1.75. The number of carbonyl (C=O) groups is 2. The summed E-state index contributed by atoms with van der Waals surface area (Å²) in [4.78, 5) is 32.0. The van der Waals surface area contributed by atoms with Gasteiger partial charge in [-0.1, -0.05) is 0 Å². The van der Waals surface area contributed by atoms with Gasteiger partial charge in [-0.15, -0.1) is 0 Å². The van der Waals surface area contributed by atoms with Gasteiger partial charge >= 0.3 is 0 Å². The summed E-state index contributed by atoms with van der Waals surface area (Å²) in [5.41, 5.74) is 6.95. The van der Waals surface area contributed by atoms with Crippen molar-refractivity contribution in [3.8, 4) is 0 Å². The molecule has 3 rings (SSSR count). The zero-order valence-electron chi connectivity index (χ0n) is 14.4. The topological polar surface area (TPSA) is 108 Å². The Bertz CT molecular complexity index is 785. The van der Waals surface area contributed by atoms with Gasteiger partial charge in [-0.05, 0) is 31.0 Å². The monoisotopic (exact) mass is 342 g/mol. The van der Waals surface area contributed by atoms with Crippen LogP contribution in [0.4, 0.5) is 5.82 Å². The summed E-state index contributed by atoms with van der Waals surface area (Å²) in [5.74, 6) is 0.302. The van der Waals surface area contributed by atoms with Gasteiger partial charge in [0.25, 0.3) is 11.8 Å². The number of amides is 2. The van der Waals surface area contributed by atoms with Gasteiger partial charge in [0.15, 0.2) is 0 Å². The Labute approximate surface area is 146 Å². The second-order valence-electron chi connectivity index (χ2n) is 6.46. The van der Waals surface area contributed by atoms with Crippen LogP contribution in [0.1, 0.15) is 45.3 Å². The molecule has 2 amide bonds. The maximum absolute atomic E-state index is 12.8. The molecule has 1 saturated heterocycles. The number of aromatic nitrogens is 3. The van der Waals surface area contributed by atoms with E-state index in [1.165, 1.54) is 0 Å². The van der Waals surface area contributed by atoms with Gasteiger partial charge in [0, 0.05) is 50.6 Å². The SMILES string of the molecule is CN(C)c1cc(C(=O)N2CCCC(c3cc(C(N)=O)n[nH]3)C2)ccn1. The molecule has 132 valence electrons. The molecule has 3 N–H and O–H groups in total. The number of hydrogen-bond donors (Lipinski definition) is 2. The molecule has 0 radical (unpaired) electrons. The van der Waals surface area contributed by atoms with E-state index in [9.17, 15) is 9.59 Å². The normalized spacial score (nSPS) is 17.4. The summed E-state index contributed by atoms with van der Waals surface area (Å²) in [5, 5.41) is 6.81. The lowest BCUT2D eigenvalue weighted by Gasteiger charge is -2.32. The molecule has 8 nitrogen and oxygen atoms in total. The highest BCUT2D eigenvalue weighted by atomic mass is 16.2. The smallest absolute Gasteiger partial charge is 0.269 e. The van der Waals surface area contributed by atoms with Crippen LogP contribution in [0.15, 0.2) is 24.4 Å². The summed E-state index contributed by atoms with van der Waals surface area (Å²) in [6.07, 6.45) is 3.48. The number of piperidine rings is 1. The van der Waals surface area contributed by atoms with Crippen molar-refractivity contribution in [3.63, 3.8) is 0 Å². The lowest BCUT2D eigenvalue weighted by atomic mass is 9.94. The first kappa shape index (κ1) is 16.9. The number of nitrogens with one attached hydrogen (secondary N) is 1. The summed E-state index contributed by atoms with van der Waals surface area (Å²) >= 11 is 0. The van der Waals surface area contributed by atoms with E-state index in [-0.39, 0.29) is 17.5 Å². The third-order valence-electron chi connectivity index (χ3n) is 4.45. The molecule has 8 heteroatoms. The third kappa shape index (κ3) is 3.62. The van der Waals surface area contributed by atoms with E-state index in [1.54, 1.807) is 24.4 Å². The van der Waals surface area contributed by atoms with Crippen molar-refractivity contribution in [2.45, 2.75) is 18.8 Å². The largest absolute Gasteiger partial charge is 0.364 e. The van der Waals surface area contributed by atoms with Crippen molar-refractivity contribution in [3.05, 3.63) is 41.3 Å². The predicted molar refractivity (Wildman–Crippen MR) is 93.5 cm³/mol. The van der Waals surface area contributed by atoms with E-state index in [2.05, 4.69) is 15.2 Å². The zero-order valence-corrected chi connectivity index (χ0v) is 14.4. The van der Waals surface area contributed by atoms with Crippen LogP contribution >= 0.6 is 0 Å². The number of aromatic amines is 1. The van der Waals surface area contributed by atoms with Crippen molar-refractivity contribution in [2.75, 3.05) is 32.1 Å². The second kappa shape index (κ2) is 6.92. The molecule has 0 aliphatic carbocycles. The van der Waals surface area contributed by atoms with Gasteiger partial charge in [0.05, 0.1) is 0 Å². The van der Waals surface area contributed by atoms with Crippen LogP contribution in [0.5, 0.6) is 0 Å². The van der Waals surface area contributed by atoms with Crippen molar-refractivity contribution >= 4 is 17.6 Å². The highest BCUT2D eigenvalue weighted by molar-refractivity contribution is 5.95. The average Bonchev–Trinajstić information content (AvgIpc) is 3.12. The number of nitrogens with two attached hydrogens (primary N) is 1. The van der Waals surface area contributed by atoms with Gasteiger partial charge in [0.2, 0.25) is 0 Å². The molecule has 3 heterocycles. The molecule has 1 atom stereocenters. The van der Waals surface area contributed by atoms with Crippen LogP contribution in [0.25, 0.3) is 0 Å². The van der Waals surface area contributed by atoms with E-state index in [1.807, 2.05) is 23.9 Å². The van der Waals surface area contributed by atoms with Crippen LogP contribution in [-0.4, -0.2) is 59.1 Å². The molecule has 2 aromatic heterocycles. The zero-order chi connectivity index (χ0) is 18.0. The third-order valence-corrected chi connectivity index (χ3v) is 4.45. The van der Waals surface area contributed by atoms with Crippen molar-refractivity contribution in [1.29, 1.82) is 0 Å². The van der Waals surface area contributed by atoms with Crippen LogP contribution in [-0.2, 0) is 0 Å². The molecule has 1 aliphatic heterocycles. The molecule has 0 spiro atoms. The quantitative estimate of drug-likeness (QED) is 0.861. The molecular formula is C17H22N6O2. The van der Waals surface area contributed by atoms with Gasteiger partial charge in [-0.25, -0.2) is 4.98 Å². The number of hydrogen-bond acceptors (Lipinski definition) is 5. The number of primary amides is 1. The second-order valence-corrected chi connectivity index (χ2v) is 6.46. The summed E-state index contributed by atoms with van der Waals surface area (Å²) in [6, 6.07) is 5.21. The molecule has 1 unspecified atom stereocenters. The van der Waals surface area contributed by atoms with E-state index in [0.717, 1.165) is 24.4 Å². The van der Waals surface area contributed by atoms with Gasteiger partial charge in [-0.3, -0.25) is 14.7 Å². The molecule has 2 aromatic rings. The molecule has 0 bridgehead atoms. The highest BCUT2D eigenvalue weighted by Gasteiger charge is 2.27. The Morgan fingerprint density at radius 2 is 2.16 bits per heavy atom. The van der Waals surface area contributed by atoms with Crippen LogP contribution < -0.4 is 10.6 Å². The lowest BCUT2D eigenvalue weighted by molar-refractivity contribution is 0.0705. The first-order valence-electron chi connectivity index (χ1n) is 8.23. The van der Waals surface area contributed by atoms with E-state index >= 15 is 0 Å². The predicted octanol–water partition coefficient (Wildman–Crippen LogP) is 0.989. The minimum Gasteiger partial charge on any atom is -0.364 e. The van der Waals surface area contributed by atoms with Gasteiger partial charge < -0.3 is 15.5 Å². The number of likely N-dealkylation sites (tertiary alicyclic amines) is 1. The van der Waals surface area contributed by atoms with Crippen molar-refractivity contribution in [2.24, 2.45) is 5.73 Å². The maximum atomic E-state index is 12.8. The standard InChI is InChI=1S/C17H22N6O2/c1-22(2)15-8-11(5-6-19-15)17(25)23-7-3-4-12(10-23)13-9-14(16(18)24)21-20-13/h5-6,8-9,12H,3-4,7,10H2,1-2H3,(H2,18,24)(H,20,21). The number of H-pyrrole nitrogens is 1. The number of carbonyl (C=O) groups excluding carboxylic acids is 2. The number of anilines is 1. The Kier molecular flexibility index (Phi) is 4.69. The van der Waals surface area contributed by atoms with E-state index in [4.69, 9.17) is 5.73 Å². The number of rotatable bonds is 4. The number of pyridine rings is 1. The summed E-state index contributed by atoms with van der Waals surface area (Å²) < 4.78 is 0. The van der Waals surface area contributed by atoms with Gasteiger partial charge in [0.1, 0.15) is 11.5 Å². The highest BCUT2D eigenvalue weighted by Crippen LogP contribution is 2.27. The minimum atomic E-state index is -0.556. The molecule has 1 aliphatic rings. The fraction of sp³-hybridized carbons (Fsp3) is 0.412. The lowest BCUT2D eigenvalue weighted by Crippen LogP contribution is -2.39. The molecule has 25 heavy (non-hydrogen) atoms. The van der Waals surface area contributed by atoms with Crippen LogP contribution in [0.3, 0.4) is 0 Å². The maximum Gasteiger partial charge on any atom is 0.269 e. The van der Waals surface area contributed by atoms with Gasteiger partial charge in [-0.2, -0.15) is 5.10 Å². The first-order valence-corrected chi connectivity index (χ1v) is 8.23. The Morgan fingerprint density at radius 3 is 2.84 bits per heavy atom. The van der Waals surface area contributed by atoms with Crippen LogP contribution in [0.2, 0.25) is 0 Å². The Morgan fingerprint density at radius 1 is 1.36 bits per heavy atom. The van der Waals surface area contributed by atoms with E-state index in [0.29, 0.717) is 18.7 Å². The average molecular weight is 342 g/mol. The van der Waals surface area contributed by atoms with Crippen molar-refractivity contribution in [1.82, 2.24) is 20.1 Å². The Hall–Kier alpha value is -2.90. The molecular weight excluding hydrogens is 320 g/mol. The fourth-order valence-electron chi connectivity index (χ4n) is 3.07. The molecule has 0 saturated carbocycles.